The second-order valence-corrected chi connectivity index (χ2v) is 1.25. The van der Waals surface area contributed by atoms with E-state index in [1.807, 2.05) is 5.48 Å². The fourth-order valence-electron chi connectivity index (χ4n) is 0.134. The molecule has 0 aliphatic heterocycles. The molecule has 42 valence electrons. The van der Waals surface area contributed by atoms with Crippen molar-refractivity contribution in [1.29, 1.82) is 0 Å². The minimum Gasteiger partial charge on any atom is -0.273 e. The number of nitrogens with one attached hydrogen (secondary N) is 1. The second-order valence-electron chi connectivity index (χ2n) is 0.840. The van der Waals surface area contributed by atoms with Crippen LogP contribution in [0.2, 0.25) is 0 Å². The van der Waals surface area contributed by atoms with Crippen LogP contribution >= 0.6 is 12.6 Å². The molecule has 0 heterocycles. The normalized spacial score (nSPS) is 8.29. The van der Waals surface area contributed by atoms with Gasteiger partial charge >= 0.3 is 0 Å². The summed E-state index contributed by atoms with van der Waals surface area (Å²) in [5.74, 6) is 0. The molecule has 0 aliphatic carbocycles. The molecule has 0 unspecified atom stereocenters. The lowest BCUT2D eigenvalue weighted by Crippen LogP contribution is -2.16. The van der Waals surface area contributed by atoms with Gasteiger partial charge in [-0.1, -0.05) is 12.6 Å². The van der Waals surface area contributed by atoms with Crippen molar-refractivity contribution in [1.82, 2.24) is 5.48 Å². The van der Waals surface area contributed by atoms with E-state index in [0.29, 0.717) is 6.61 Å². The molecule has 0 saturated carbocycles. The lowest BCUT2D eigenvalue weighted by atomic mass is 10.9. The second kappa shape index (κ2) is 3.95. The van der Waals surface area contributed by atoms with Crippen LogP contribution in [0.4, 0.5) is 4.79 Å². The Balaban J connectivity index is 2.82. The molecule has 3 nitrogen and oxygen atoms in total. The van der Waals surface area contributed by atoms with E-state index in [4.69, 9.17) is 0 Å². The van der Waals surface area contributed by atoms with Gasteiger partial charge in [0.05, 0.1) is 6.61 Å². The average Bonchev–Trinajstić information content (AvgIpc) is 1.61. The number of hydrogen-bond donors (Lipinski definition) is 2. The molecule has 0 rings (SSSR count). The third kappa shape index (κ3) is 5.78. The van der Waals surface area contributed by atoms with E-state index in [-0.39, 0.29) is 0 Å². The minimum absolute atomic E-state index is 0.465. The molecule has 0 bridgehead atoms. The van der Waals surface area contributed by atoms with E-state index in [1.165, 1.54) is 0 Å². The van der Waals surface area contributed by atoms with E-state index in [0.717, 1.165) is 0 Å². The van der Waals surface area contributed by atoms with Crippen molar-refractivity contribution in [3.05, 3.63) is 0 Å². The largest absolute Gasteiger partial charge is 0.299 e. The van der Waals surface area contributed by atoms with Gasteiger partial charge in [0.15, 0.2) is 0 Å². The summed E-state index contributed by atoms with van der Waals surface area (Å²) in [7, 11) is 0. The molecular weight excluding hydrogens is 114 g/mol. The van der Waals surface area contributed by atoms with Crippen LogP contribution in [0.25, 0.3) is 0 Å². The van der Waals surface area contributed by atoms with Crippen molar-refractivity contribution in [2.24, 2.45) is 0 Å². The Morgan fingerprint density at radius 1 is 2.00 bits per heavy atom. The zero-order valence-corrected chi connectivity index (χ0v) is 4.87. The third-order valence-electron chi connectivity index (χ3n) is 0.304. The van der Waals surface area contributed by atoms with Crippen molar-refractivity contribution in [2.75, 3.05) is 6.61 Å². The number of carbonyl (C=O) groups is 1. The molecule has 0 aromatic rings. The van der Waals surface area contributed by atoms with Crippen LogP contribution in [0.3, 0.4) is 0 Å². The maximum atomic E-state index is 9.83. The predicted octanol–water partition coefficient (Wildman–Crippen LogP) is 0.577. The van der Waals surface area contributed by atoms with Gasteiger partial charge in [0.25, 0.3) is 5.24 Å². The van der Waals surface area contributed by atoms with Crippen LogP contribution in [0.5, 0.6) is 0 Å². The maximum absolute atomic E-state index is 9.83. The van der Waals surface area contributed by atoms with Crippen molar-refractivity contribution >= 4 is 17.9 Å². The van der Waals surface area contributed by atoms with Gasteiger partial charge in [0.1, 0.15) is 0 Å². The molecule has 0 saturated heterocycles. The monoisotopic (exact) mass is 121 g/mol. The van der Waals surface area contributed by atoms with Gasteiger partial charge in [-0.25, -0.2) is 5.48 Å². The number of carbonyl (C=O) groups excluding carboxylic acids is 1. The van der Waals surface area contributed by atoms with Crippen LogP contribution in [-0.4, -0.2) is 11.8 Å². The van der Waals surface area contributed by atoms with E-state index in [9.17, 15) is 4.79 Å². The maximum Gasteiger partial charge on any atom is 0.299 e. The minimum atomic E-state index is -0.471. The Hall–Kier alpha value is -0.220. The van der Waals surface area contributed by atoms with Crippen molar-refractivity contribution in [3.8, 4) is 0 Å². The quantitative estimate of drug-likeness (QED) is 0.414. The molecule has 7 heavy (non-hydrogen) atoms. The van der Waals surface area contributed by atoms with Crippen molar-refractivity contribution < 1.29 is 9.63 Å². The van der Waals surface area contributed by atoms with Crippen LogP contribution in [-0.2, 0) is 4.84 Å². The van der Waals surface area contributed by atoms with Crippen LogP contribution in [0.1, 0.15) is 6.92 Å². The summed E-state index contributed by atoms with van der Waals surface area (Å²) in [6.07, 6.45) is 0. The first-order valence-electron chi connectivity index (χ1n) is 1.88. The summed E-state index contributed by atoms with van der Waals surface area (Å²) in [6, 6.07) is 0. The first kappa shape index (κ1) is 6.78. The highest BCUT2D eigenvalue weighted by molar-refractivity contribution is 7.96. The third-order valence-corrected chi connectivity index (χ3v) is 0.395. The number of hydrogen-bond acceptors (Lipinski definition) is 2. The zero-order valence-electron chi connectivity index (χ0n) is 3.97. The van der Waals surface area contributed by atoms with Crippen LogP contribution in [0.15, 0.2) is 0 Å². The Morgan fingerprint density at radius 3 is 2.71 bits per heavy atom. The summed E-state index contributed by atoms with van der Waals surface area (Å²) >= 11 is 3.36. The van der Waals surface area contributed by atoms with E-state index in [2.05, 4.69) is 17.5 Å². The topological polar surface area (TPSA) is 38.3 Å². The summed E-state index contributed by atoms with van der Waals surface area (Å²) in [5, 5.41) is -0.471. The molecule has 0 aromatic heterocycles. The standard InChI is InChI=1S/C3H7NO2S/c1-2-6-4-3(5)7/h2H2,1H3,(H2,4,5,7). The molecule has 0 aromatic carbocycles. The highest BCUT2D eigenvalue weighted by Crippen LogP contribution is 1.73. The number of rotatable bonds is 2. The van der Waals surface area contributed by atoms with Crippen molar-refractivity contribution in [2.45, 2.75) is 6.92 Å². The van der Waals surface area contributed by atoms with E-state index < -0.39 is 5.24 Å². The Kier molecular flexibility index (Phi) is 3.83. The van der Waals surface area contributed by atoms with Crippen LogP contribution < -0.4 is 5.48 Å². The highest BCUT2D eigenvalue weighted by Gasteiger charge is 1.84. The summed E-state index contributed by atoms with van der Waals surface area (Å²) in [6.45, 7) is 2.23. The number of thiol groups is 1. The molecule has 4 heteroatoms. The zero-order chi connectivity index (χ0) is 5.70. The Morgan fingerprint density at radius 2 is 2.57 bits per heavy atom. The summed E-state index contributed by atoms with van der Waals surface area (Å²) < 4.78 is 0. The number of amides is 1. The average molecular weight is 121 g/mol. The van der Waals surface area contributed by atoms with E-state index in [1.54, 1.807) is 6.92 Å². The molecule has 0 spiro atoms. The predicted molar refractivity (Wildman–Crippen MR) is 29.1 cm³/mol. The molecule has 0 atom stereocenters. The molecule has 0 aliphatic rings. The smallest absolute Gasteiger partial charge is 0.273 e. The first-order chi connectivity index (χ1) is 3.27. The molecular formula is C3H7NO2S. The Bertz CT molecular complexity index is 66.0. The molecule has 0 fully saturated rings. The fourth-order valence-corrected chi connectivity index (χ4v) is 0.198. The first-order valence-corrected chi connectivity index (χ1v) is 2.32. The number of hydroxylamine groups is 1. The SMILES string of the molecule is CCONC(=O)S. The van der Waals surface area contributed by atoms with Gasteiger partial charge < -0.3 is 0 Å². The van der Waals surface area contributed by atoms with Crippen molar-refractivity contribution in [3.63, 3.8) is 0 Å². The fraction of sp³-hybridized carbons (Fsp3) is 0.667. The van der Waals surface area contributed by atoms with Gasteiger partial charge in [-0.2, -0.15) is 0 Å². The molecule has 1 amide bonds. The van der Waals surface area contributed by atoms with Gasteiger partial charge in [-0.3, -0.25) is 9.63 Å². The van der Waals surface area contributed by atoms with Crippen LogP contribution in [0, 0.1) is 0 Å². The molecule has 0 radical (unpaired) electrons. The Labute approximate surface area is 47.4 Å². The summed E-state index contributed by atoms with van der Waals surface area (Å²) in [5.41, 5.74) is 2.02. The van der Waals surface area contributed by atoms with Gasteiger partial charge in [0, 0.05) is 0 Å². The lowest BCUT2D eigenvalue weighted by molar-refractivity contribution is 0.0806. The molecule has 1 N–H and O–H groups in total. The lowest BCUT2D eigenvalue weighted by Gasteiger charge is -1.94. The van der Waals surface area contributed by atoms with Gasteiger partial charge in [0.2, 0.25) is 0 Å². The highest BCUT2D eigenvalue weighted by atomic mass is 32.1. The van der Waals surface area contributed by atoms with E-state index >= 15 is 0 Å². The van der Waals surface area contributed by atoms with Gasteiger partial charge in [-0.15, -0.1) is 0 Å². The summed E-state index contributed by atoms with van der Waals surface area (Å²) in [4.78, 5) is 14.2. The van der Waals surface area contributed by atoms with Gasteiger partial charge in [-0.05, 0) is 6.92 Å².